The molecule has 0 aromatic heterocycles. The largest absolute Gasteiger partial charge is 0.491 e. The third kappa shape index (κ3) is 5.24. The minimum absolute atomic E-state index is 0.229. The molecular weight excluding hydrogens is 260 g/mol. The summed E-state index contributed by atoms with van der Waals surface area (Å²) in [5.41, 5.74) is 1.20. The van der Waals surface area contributed by atoms with Crippen molar-refractivity contribution in [3.05, 3.63) is 24.3 Å². The van der Waals surface area contributed by atoms with Gasteiger partial charge in [0, 0.05) is 24.3 Å². The fourth-order valence-corrected chi connectivity index (χ4v) is 2.92. The predicted molar refractivity (Wildman–Crippen MR) is 90.2 cm³/mol. The average molecular weight is 290 g/mol. The first-order valence-electron chi connectivity index (χ1n) is 8.32. The monoisotopic (exact) mass is 290 g/mol. The average Bonchev–Trinajstić information content (AvgIpc) is 2.66. The van der Waals surface area contributed by atoms with E-state index in [0.717, 1.165) is 5.75 Å². The molecule has 0 spiro atoms. The zero-order valence-electron chi connectivity index (χ0n) is 13.9. The fraction of sp³-hybridized carbons (Fsp3) is 0.667. The van der Waals surface area contributed by atoms with Crippen molar-refractivity contribution in [2.45, 2.75) is 65.1 Å². The maximum absolute atomic E-state index is 5.69. The number of hydrogen-bond donors (Lipinski definition) is 1. The topological polar surface area (TPSA) is 24.5 Å². The fourth-order valence-electron chi connectivity index (χ4n) is 2.92. The molecule has 1 saturated heterocycles. The summed E-state index contributed by atoms with van der Waals surface area (Å²) in [4.78, 5) is 2.58. The van der Waals surface area contributed by atoms with E-state index in [4.69, 9.17) is 4.74 Å². The first kappa shape index (κ1) is 16.2. The maximum Gasteiger partial charge on any atom is 0.119 e. The van der Waals surface area contributed by atoms with Gasteiger partial charge in [0.05, 0.1) is 6.10 Å². The van der Waals surface area contributed by atoms with Gasteiger partial charge in [0.2, 0.25) is 0 Å². The number of likely N-dealkylation sites (tertiary alicyclic amines) is 1. The summed E-state index contributed by atoms with van der Waals surface area (Å²) in [6, 6.07) is 9.62. The number of nitrogens with one attached hydrogen (secondary N) is 1. The molecule has 0 bridgehead atoms. The molecule has 1 N–H and O–H groups in total. The third-order valence-corrected chi connectivity index (χ3v) is 4.09. The van der Waals surface area contributed by atoms with Crippen molar-refractivity contribution in [3.8, 4) is 5.75 Å². The number of anilines is 1. The van der Waals surface area contributed by atoms with E-state index >= 15 is 0 Å². The van der Waals surface area contributed by atoms with Gasteiger partial charge in [0.1, 0.15) is 5.75 Å². The van der Waals surface area contributed by atoms with Crippen LogP contribution in [0.1, 0.15) is 47.0 Å². The Morgan fingerprint density at radius 3 is 2.38 bits per heavy atom. The van der Waals surface area contributed by atoms with Crippen molar-refractivity contribution >= 4 is 5.69 Å². The Bertz CT molecular complexity index is 414. The SMILES string of the molecule is CC(C)Oc1ccc(NC2CCCN(C(C)C)CC2)cc1. The van der Waals surface area contributed by atoms with Gasteiger partial charge < -0.3 is 15.0 Å². The molecule has 1 fully saturated rings. The molecule has 0 saturated carbocycles. The second-order valence-electron chi connectivity index (χ2n) is 6.59. The van der Waals surface area contributed by atoms with Gasteiger partial charge in [-0.1, -0.05) is 0 Å². The van der Waals surface area contributed by atoms with E-state index in [1.807, 2.05) is 0 Å². The highest BCUT2D eigenvalue weighted by molar-refractivity contribution is 5.47. The van der Waals surface area contributed by atoms with Crippen LogP contribution in [0.5, 0.6) is 5.75 Å². The predicted octanol–water partition coefficient (Wildman–Crippen LogP) is 4.15. The van der Waals surface area contributed by atoms with Crippen molar-refractivity contribution in [3.63, 3.8) is 0 Å². The van der Waals surface area contributed by atoms with Crippen molar-refractivity contribution in [2.24, 2.45) is 0 Å². The zero-order chi connectivity index (χ0) is 15.2. The van der Waals surface area contributed by atoms with E-state index in [1.54, 1.807) is 0 Å². The van der Waals surface area contributed by atoms with Crippen LogP contribution in [0, 0.1) is 0 Å². The normalized spacial score (nSPS) is 20.6. The summed E-state index contributed by atoms with van der Waals surface area (Å²) in [7, 11) is 0. The number of ether oxygens (including phenoxy) is 1. The number of rotatable bonds is 5. The molecule has 21 heavy (non-hydrogen) atoms. The highest BCUT2D eigenvalue weighted by atomic mass is 16.5. The molecule has 1 aliphatic rings. The molecule has 1 heterocycles. The molecule has 1 aromatic rings. The van der Waals surface area contributed by atoms with E-state index in [9.17, 15) is 0 Å². The quantitative estimate of drug-likeness (QED) is 0.881. The number of nitrogens with zero attached hydrogens (tertiary/aromatic N) is 1. The summed E-state index contributed by atoms with van der Waals surface area (Å²) < 4.78 is 5.69. The van der Waals surface area contributed by atoms with Gasteiger partial charge in [-0.05, 0) is 77.8 Å². The Kier molecular flexibility index (Phi) is 5.92. The second-order valence-corrected chi connectivity index (χ2v) is 6.59. The van der Waals surface area contributed by atoms with Crippen LogP contribution in [0.4, 0.5) is 5.69 Å². The van der Waals surface area contributed by atoms with Crippen LogP contribution in [-0.2, 0) is 0 Å². The molecule has 0 aliphatic carbocycles. The van der Waals surface area contributed by atoms with E-state index in [0.29, 0.717) is 12.1 Å². The smallest absolute Gasteiger partial charge is 0.119 e. The highest BCUT2D eigenvalue weighted by Crippen LogP contribution is 2.21. The van der Waals surface area contributed by atoms with Crippen LogP contribution in [0.3, 0.4) is 0 Å². The Balaban J connectivity index is 1.86. The molecule has 1 unspecified atom stereocenters. The summed E-state index contributed by atoms with van der Waals surface area (Å²) in [6.07, 6.45) is 3.99. The number of benzene rings is 1. The lowest BCUT2D eigenvalue weighted by Crippen LogP contribution is -2.32. The third-order valence-electron chi connectivity index (χ3n) is 4.09. The van der Waals surface area contributed by atoms with Crippen molar-refractivity contribution in [1.82, 2.24) is 4.90 Å². The standard InChI is InChI=1S/C18H30N2O/c1-14(2)20-12-5-6-16(11-13-20)19-17-7-9-18(10-8-17)21-15(3)4/h7-10,14-16,19H,5-6,11-13H2,1-4H3. The number of hydrogen-bond acceptors (Lipinski definition) is 3. The molecule has 1 aromatic carbocycles. The van der Waals surface area contributed by atoms with Gasteiger partial charge in [-0.15, -0.1) is 0 Å². The molecule has 0 radical (unpaired) electrons. The molecule has 1 aliphatic heterocycles. The lowest BCUT2D eigenvalue weighted by molar-refractivity contribution is 0.230. The summed E-state index contributed by atoms with van der Waals surface area (Å²) in [6.45, 7) is 11.1. The molecule has 1 atom stereocenters. The van der Waals surface area contributed by atoms with Gasteiger partial charge in [-0.2, -0.15) is 0 Å². The van der Waals surface area contributed by atoms with E-state index in [1.165, 1.54) is 38.0 Å². The Morgan fingerprint density at radius 1 is 1.05 bits per heavy atom. The minimum Gasteiger partial charge on any atom is -0.491 e. The molecule has 3 heteroatoms. The Morgan fingerprint density at radius 2 is 1.76 bits per heavy atom. The maximum atomic E-state index is 5.69. The highest BCUT2D eigenvalue weighted by Gasteiger charge is 2.18. The van der Waals surface area contributed by atoms with Crippen molar-refractivity contribution in [1.29, 1.82) is 0 Å². The van der Waals surface area contributed by atoms with Crippen LogP contribution < -0.4 is 10.1 Å². The van der Waals surface area contributed by atoms with Crippen LogP contribution in [0.15, 0.2) is 24.3 Å². The first-order valence-corrected chi connectivity index (χ1v) is 8.32. The van der Waals surface area contributed by atoms with Gasteiger partial charge in [-0.3, -0.25) is 0 Å². The first-order chi connectivity index (χ1) is 10.0. The Hall–Kier alpha value is -1.22. The van der Waals surface area contributed by atoms with Gasteiger partial charge in [-0.25, -0.2) is 0 Å². The van der Waals surface area contributed by atoms with Crippen LogP contribution in [0.25, 0.3) is 0 Å². The van der Waals surface area contributed by atoms with Crippen LogP contribution >= 0.6 is 0 Å². The summed E-state index contributed by atoms with van der Waals surface area (Å²) in [5.74, 6) is 0.947. The zero-order valence-corrected chi connectivity index (χ0v) is 13.9. The molecule has 118 valence electrons. The van der Waals surface area contributed by atoms with E-state index in [2.05, 4.69) is 62.2 Å². The van der Waals surface area contributed by atoms with Gasteiger partial charge in [0.15, 0.2) is 0 Å². The minimum atomic E-state index is 0.229. The van der Waals surface area contributed by atoms with Gasteiger partial charge >= 0.3 is 0 Å². The van der Waals surface area contributed by atoms with E-state index in [-0.39, 0.29) is 6.10 Å². The summed E-state index contributed by atoms with van der Waals surface area (Å²) >= 11 is 0. The van der Waals surface area contributed by atoms with E-state index < -0.39 is 0 Å². The van der Waals surface area contributed by atoms with Crippen LogP contribution in [-0.4, -0.2) is 36.2 Å². The lowest BCUT2D eigenvalue weighted by atomic mass is 10.1. The van der Waals surface area contributed by atoms with Crippen molar-refractivity contribution < 1.29 is 4.74 Å². The Labute approximate surface area is 129 Å². The summed E-state index contributed by atoms with van der Waals surface area (Å²) in [5, 5.41) is 3.68. The lowest BCUT2D eigenvalue weighted by Gasteiger charge is -2.24. The molecule has 3 nitrogen and oxygen atoms in total. The van der Waals surface area contributed by atoms with Gasteiger partial charge in [0.25, 0.3) is 0 Å². The second kappa shape index (κ2) is 7.69. The molecular formula is C18H30N2O. The molecule has 2 rings (SSSR count). The molecule has 0 amide bonds. The van der Waals surface area contributed by atoms with Crippen molar-refractivity contribution in [2.75, 3.05) is 18.4 Å². The van der Waals surface area contributed by atoms with Crippen LogP contribution in [0.2, 0.25) is 0 Å².